The first-order valence-electron chi connectivity index (χ1n) is 7.08. The first-order valence-corrected chi connectivity index (χ1v) is 7.08. The van der Waals surface area contributed by atoms with Crippen molar-refractivity contribution < 1.29 is 55.1 Å². The number of aliphatic hydroxyl groups is 8. The van der Waals surface area contributed by atoms with Crippen LogP contribution in [0.15, 0.2) is 0 Å². The number of ether oxygens (including phenoxy) is 3. The van der Waals surface area contributed by atoms with Gasteiger partial charge in [-0.05, 0) is 0 Å². The van der Waals surface area contributed by atoms with Gasteiger partial charge in [0, 0.05) is 0 Å². The number of hydrogen-bond acceptors (Lipinski definition) is 11. The maximum absolute atomic E-state index is 9.94. The van der Waals surface area contributed by atoms with Gasteiger partial charge >= 0.3 is 0 Å². The summed E-state index contributed by atoms with van der Waals surface area (Å²) in [5, 5.41) is 76.5. The Morgan fingerprint density at radius 2 is 1.26 bits per heavy atom. The molecule has 0 amide bonds. The summed E-state index contributed by atoms with van der Waals surface area (Å²) in [5.74, 6) is 0. The molecule has 2 rings (SSSR count). The average Bonchev–Trinajstić information content (AvgIpc) is 2.55. The molecular formula is C12H22O11. The minimum absolute atomic E-state index is 0.667. The number of hydrogen-bond donors (Lipinski definition) is 8. The highest BCUT2D eigenvalue weighted by molar-refractivity contribution is 4.93. The van der Waals surface area contributed by atoms with Crippen LogP contribution in [0, 0.1) is 0 Å². The maximum Gasteiger partial charge on any atom is 0.187 e. The lowest BCUT2D eigenvalue weighted by Crippen LogP contribution is -2.64. The Bertz CT molecular complexity index is 378. The smallest absolute Gasteiger partial charge is 0.187 e. The summed E-state index contributed by atoms with van der Waals surface area (Å²) in [5.41, 5.74) is 0. The van der Waals surface area contributed by atoms with E-state index in [9.17, 15) is 35.7 Å². The molecule has 0 aromatic carbocycles. The van der Waals surface area contributed by atoms with Gasteiger partial charge in [-0.3, -0.25) is 0 Å². The first-order chi connectivity index (χ1) is 10.8. The predicted octanol–water partition coefficient (Wildman–Crippen LogP) is -5.40. The minimum Gasteiger partial charge on any atom is -0.394 e. The van der Waals surface area contributed by atoms with Gasteiger partial charge in [0.05, 0.1) is 13.2 Å². The Hall–Kier alpha value is -0.440. The molecule has 0 aromatic rings. The Labute approximate surface area is 130 Å². The standard InChI is InChI=1S/C12H22O11/c13-1-3-5(15)6(16)9(19)12(22-3)23-10-4(2-14)21-11(20)8(18)7(10)17/h3-20H,1-2H2/t3-,4-,5+,6-,7-,8+,9-,10+,11-,12+/m0/s1. The Morgan fingerprint density at radius 3 is 1.83 bits per heavy atom. The zero-order chi connectivity index (χ0) is 17.3. The van der Waals surface area contributed by atoms with Crippen LogP contribution in [-0.2, 0) is 14.2 Å². The summed E-state index contributed by atoms with van der Waals surface area (Å²) in [6.45, 7) is -1.35. The minimum atomic E-state index is -1.74. The van der Waals surface area contributed by atoms with Crippen LogP contribution in [0.3, 0.4) is 0 Å². The van der Waals surface area contributed by atoms with Crippen LogP contribution in [0.4, 0.5) is 0 Å². The largest absolute Gasteiger partial charge is 0.394 e. The van der Waals surface area contributed by atoms with Crippen molar-refractivity contribution in [3.8, 4) is 0 Å². The quantitative estimate of drug-likeness (QED) is 0.243. The SMILES string of the molecule is OC[C@@H]1O[C@H](O[C@H]2[C@@H](O)[C@@H](O)[C@@H](O)O[C@H]2CO)[C@@H](O)[C@@H](O)[C@@H]1O. The van der Waals surface area contributed by atoms with Crippen molar-refractivity contribution in [1.29, 1.82) is 0 Å². The molecule has 23 heavy (non-hydrogen) atoms. The van der Waals surface area contributed by atoms with E-state index in [2.05, 4.69) is 0 Å². The summed E-state index contributed by atoms with van der Waals surface area (Å²) in [6.07, 6.45) is -15.6. The fraction of sp³-hybridized carbons (Fsp3) is 1.00. The van der Waals surface area contributed by atoms with Crippen LogP contribution in [0.25, 0.3) is 0 Å². The monoisotopic (exact) mass is 342 g/mol. The van der Waals surface area contributed by atoms with Crippen LogP contribution in [0.2, 0.25) is 0 Å². The third-order valence-electron chi connectivity index (χ3n) is 3.98. The van der Waals surface area contributed by atoms with Crippen LogP contribution in [0.1, 0.15) is 0 Å². The third-order valence-corrected chi connectivity index (χ3v) is 3.98. The molecule has 136 valence electrons. The van der Waals surface area contributed by atoms with Gasteiger partial charge in [-0.1, -0.05) is 0 Å². The van der Waals surface area contributed by atoms with Gasteiger partial charge in [0.25, 0.3) is 0 Å². The second-order valence-electron chi connectivity index (χ2n) is 5.53. The lowest BCUT2D eigenvalue weighted by Gasteiger charge is -2.45. The molecule has 2 fully saturated rings. The van der Waals surface area contributed by atoms with Gasteiger partial charge in [-0.15, -0.1) is 0 Å². The van der Waals surface area contributed by atoms with Gasteiger partial charge in [0.1, 0.15) is 48.8 Å². The summed E-state index contributed by atoms with van der Waals surface area (Å²) < 4.78 is 15.3. The van der Waals surface area contributed by atoms with Crippen LogP contribution >= 0.6 is 0 Å². The highest BCUT2D eigenvalue weighted by Crippen LogP contribution is 2.28. The zero-order valence-corrected chi connectivity index (χ0v) is 12.0. The van der Waals surface area contributed by atoms with Crippen molar-refractivity contribution >= 4 is 0 Å². The van der Waals surface area contributed by atoms with Crippen molar-refractivity contribution in [2.24, 2.45) is 0 Å². The Kier molecular flexibility index (Phi) is 6.27. The Morgan fingerprint density at radius 1 is 0.652 bits per heavy atom. The summed E-state index contributed by atoms with van der Waals surface area (Å²) in [6, 6.07) is 0. The zero-order valence-electron chi connectivity index (χ0n) is 12.0. The van der Waals surface area contributed by atoms with E-state index in [0.717, 1.165) is 0 Å². The second kappa shape index (κ2) is 7.63. The molecule has 0 spiro atoms. The van der Waals surface area contributed by atoms with Crippen LogP contribution in [-0.4, -0.2) is 115 Å². The van der Waals surface area contributed by atoms with Crippen molar-refractivity contribution in [3.63, 3.8) is 0 Å². The lowest BCUT2D eigenvalue weighted by atomic mass is 9.97. The molecule has 0 saturated carbocycles. The molecule has 2 saturated heterocycles. The van der Waals surface area contributed by atoms with Gasteiger partial charge < -0.3 is 55.1 Å². The third kappa shape index (κ3) is 3.65. The molecular weight excluding hydrogens is 320 g/mol. The van der Waals surface area contributed by atoms with Gasteiger partial charge in [-0.2, -0.15) is 0 Å². The molecule has 2 aliphatic rings. The molecule has 2 aliphatic heterocycles. The molecule has 8 N–H and O–H groups in total. The topological polar surface area (TPSA) is 190 Å². The van der Waals surface area contributed by atoms with E-state index in [1.54, 1.807) is 0 Å². The van der Waals surface area contributed by atoms with Gasteiger partial charge in [0.2, 0.25) is 0 Å². The molecule has 0 unspecified atom stereocenters. The lowest BCUT2D eigenvalue weighted by molar-refractivity contribution is -0.355. The molecule has 10 atom stereocenters. The van der Waals surface area contributed by atoms with Crippen LogP contribution < -0.4 is 0 Å². The second-order valence-corrected chi connectivity index (χ2v) is 5.53. The number of aliphatic hydroxyl groups excluding tert-OH is 8. The number of rotatable bonds is 4. The normalized spacial score (nSPS) is 51.7. The van der Waals surface area contributed by atoms with E-state index in [0.29, 0.717) is 0 Å². The summed E-state index contributed by atoms with van der Waals surface area (Å²) >= 11 is 0. The Balaban J connectivity index is 2.11. The molecule has 11 heteroatoms. The summed E-state index contributed by atoms with van der Waals surface area (Å²) in [4.78, 5) is 0. The molecule has 0 radical (unpaired) electrons. The summed E-state index contributed by atoms with van der Waals surface area (Å²) in [7, 11) is 0. The van der Waals surface area contributed by atoms with Crippen molar-refractivity contribution in [2.45, 2.75) is 61.4 Å². The van der Waals surface area contributed by atoms with E-state index in [1.165, 1.54) is 0 Å². The average molecular weight is 342 g/mol. The molecule has 11 nitrogen and oxygen atoms in total. The van der Waals surface area contributed by atoms with Crippen molar-refractivity contribution in [1.82, 2.24) is 0 Å². The van der Waals surface area contributed by atoms with Crippen molar-refractivity contribution in [3.05, 3.63) is 0 Å². The van der Waals surface area contributed by atoms with E-state index >= 15 is 0 Å². The van der Waals surface area contributed by atoms with Crippen molar-refractivity contribution in [2.75, 3.05) is 13.2 Å². The highest BCUT2D eigenvalue weighted by atomic mass is 16.7. The van der Waals surface area contributed by atoms with Gasteiger partial charge in [-0.25, -0.2) is 0 Å². The van der Waals surface area contributed by atoms with Gasteiger partial charge in [0.15, 0.2) is 12.6 Å². The molecule has 0 aromatic heterocycles. The molecule has 0 bridgehead atoms. The predicted molar refractivity (Wildman–Crippen MR) is 68.6 cm³/mol. The highest BCUT2D eigenvalue weighted by Gasteiger charge is 2.50. The van der Waals surface area contributed by atoms with E-state index in [1.807, 2.05) is 0 Å². The fourth-order valence-electron chi connectivity index (χ4n) is 2.57. The maximum atomic E-state index is 9.94. The fourth-order valence-corrected chi connectivity index (χ4v) is 2.57. The molecule has 0 aliphatic carbocycles. The van der Waals surface area contributed by atoms with E-state index < -0.39 is 74.6 Å². The molecule has 2 heterocycles. The van der Waals surface area contributed by atoms with Crippen LogP contribution in [0.5, 0.6) is 0 Å². The van der Waals surface area contributed by atoms with E-state index in [-0.39, 0.29) is 0 Å². The first kappa shape index (κ1) is 18.9. The van der Waals surface area contributed by atoms with E-state index in [4.69, 9.17) is 19.3 Å².